The van der Waals surface area contributed by atoms with E-state index in [4.69, 9.17) is 28.9 Å². The van der Waals surface area contributed by atoms with Crippen molar-refractivity contribution in [2.75, 3.05) is 6.54 Å². The molecule has 1 heterocycles. The lowest BCUT2D eigenvalue weighted by Gasteiger charge is -2.44. The number of nitrogens with two attached hydrogens (primary N) is 1. The summed E-state index contributed by atoms with van der Waals surface area (Å²) in [5.74, 6) is 0. The second kappa shape index (κ2) is 6.45. The predicted octanol–water partition coefficient (Wildman–Crippen LogP) is 4.26. The number of nitrogens with zero attached hydrogens (tertiary/aromatic N) is 1. The molecule has 3 atom stereocenters. The van der Waals surface area contributed by atoms with Crippen LogP contribution in [0.3, 0.4) is 0 Å². The molecule has 0 aliphatic carbocycles. The van der Waals surface area contributed by atoms with Crippen LogP contribution < -0.4 is 5.73 Å². The molecule has 2 nitrogen and oxygen atoms in total. The summed E-state index contributed by atoms with van der Waals surface area (Å²) in [6.45, 7) is 5.17. The quantitative estimate of drug-likeness (QED) is 0.904. The number of benzene rings is 1. The molecule has 2 rings (SSSR count). The summed E-state index contributed by atoms with van der Waals surface area (Å²) in [4.78, 5) is 2.50. The molecule has 1 aliphatic heterocycles. The van der Waals surface area contributed by atoms with Crippen LogP contribution in [0.2, 0.25) is 10.0 Å². The lowest BCUT2D eigenvalue weighted by atomic mass is 9.92. The van der Waals surface area contributed by atoms with Gasteiger partial charge in [-0.1, -0.05) is 29.6 Å². The second-order valence-corrected chi connectivity index (χ2v) is 6.30. The smallest absolute Gasteiger partial charge is 0.0454 e. The molecule has 1 aromatic carbocycles. The van der Waals surface area contributed by atoms with E-state index >= 15 is 0 Å². The molecule has 0 radical (unpaired) electrons. The Balaban J connectivity index is 2.30. The second-order valence-electron chi connectivity index (χ2n) is 5.46. The van der Waals surface area contributed by atoms with Crippen LogP contribution in [0.5, 0.6) is 0 Å². The Labute approximate surface area is 125 Å². The highest BCUT2D eigenvalue weighted by Crippen LogP contribution is 2.35. The molecule has 106 valence electrons. The van der Waals surface area contributed by atoms with Gasteiger partial charge in [0.1, 0.15) is 0 Å². The van der Waals surface area contributed by atoms with Gasteiger partial charge in [0.05, 0.1) is 0 Å². The van der Waals surface area contributed by atoms with Gasteiger partial charge in [-0.3, -0.25) is 4.90 Å². The third kappa shape index (κ3) is 3.25. The average Bonchev–Trinajstić information content (AvgIpc) is 2.40. The summed E-state index contributed by atoms with van der Waals surface area (Å²) in [5, 5.41) is 1.52. The molecule has 0 saturated carbocycles. The van der Waals surface area contributed by atoms with Crippen LogP contribution in [0.25, 0.3) is 0 Å². The van der Waals surface area contributed by atoms with Crippen molar-refractivity contribution in [3.63, 3.8) is 0 Å². The zero-order chi connectivity index (χ0) is 14.0. The Morgan fingerprint density at radius 1 is 1.37 bits per heavy atom. The number of piperidine rings is 1. The van der Waals surface area contributed by atoms with Crippen LogP contribution in [-0.2, 0) is 0 Å². The maximum absolute atomic E-state index is 6.33. The number of hydrogen-bond donors (Lipinski definition) is 1. The monoisotopic (exact) mass is 300 g/mol. The van der Waals surface area contributed by atoms with Gasteiger partial charge in [0.15, 0.2) is 0 Å². The van der Waals surface area contributed by atoms with E-state index in [2.05, 4.69) is 18.7 Å². The first-order chi connectivity index (χ1) is 9.04. The van der Waals surface area contributed by atoms with Crippen molar-refractivity contribution in [2.45, 2.75) is 51.2 Å². The lowest BCUT2D eigenvalue weighted by molar-refractivity contribution is 0.0571. The van der Waals surface area contributed by atoms with Gasteiger partial charge in [-0.05, 0) is 50.5 Å². The van der Waals surface area contributed by atoms with Crippen molar-refractivity contribution >= 4 is 23.2 Å². The number of hydrogen-bond acceptors (Lipinski definition) is 2. The van der Waals surface area contributed by atoms with E-state index in [1.54, 1.807) is 0 Å². The highest BCUT2D eigenvalue weighted by molar-refractivity contribution is 6.33. The summed E-state index contributed by atoms with van der Waals surface area (Å²) < 4.78 is 0. The number of halogens is 2. The summed E-state index contributed by atoms with van der Waals surface area (Å²) >= 11 is 12.4. The Kier molecular flexibility index (Phi) is 5.13. The van der Waals surface area contributed by atoms with Crippen LogP contribution >= 0.6 is 23.2 Å². The Hall–Kier alpha value is -0.280. The van der Waals surface area contributed by atoms with Gasteiger partial charge in [-0.25, -0.2) is 0 Å². The maximum atomic E-state index is 6.33. The Bertz CT molecular complexity index is 436. The molecule has 1 aliphatic rings. The number of rotatable bonds is 3. The molecule has 3 unspecified atom stereocenters. The van der Waals surface area contributed by atoms with Crippen molar-refractivity contribution in [3.8, 4) is 0 Å². The fourth-order valence-corrected chi connectivity index (χ4v) is 3.70. The van der Waals surface area contributed by atoms with Crippen LogP contribution in [0.15, 0.2) is 18.2 Å². The van der Waals surface area contributed by atoms with E-state index < -0.39 is 0 Å². The normalized spacial score (nSPS) is 26.4. The van der Waals surface area contributed by atoms with Crippen molar-refractivity contribution in [2.24, 2.45) is 5.73 Å². The largest absolute Gasteiger partial charge is 0.329 e. The average molecular weight is 301 g/mol. The minimum Gasteiger partial charge on any atom is -0.329 e. The molecule has 0 bridgehead atoms. The SMILES string of the molecule is CC1CCCC(CN)N1C(C)c1cc(Cl)ccc1Cl. The molecule has 1 saturated heterocycles. The van der Waals surface area contributed by atoms with E-state index in [1.807, 2.05) is 18.2 Å². The molecule has 2 N–H and O–H groups in total. The minimum atomic E-state index is 0.245. The molecule has 0 spiro atoms. The van der Waals surface area contributed by atoms with E-state index in [9.17, 15) is 0 Å². The molecule has 4 heteroatoms. The lowest BCUT2D eigenvalue weighted by Crippen LogP contribution is -2.49. The van der Waals surface area contributed by atoms with E-state index in [0.717, 1.165) is 15.6 Å². The third-order valence-electron chi connectivity index (χ3n) is 4.22. The highest BCUT2D eigenvalue weighted by Gasteiger charge is 2.32. The van der Waals surface area contributed by atoms with Crippen molar-refractivity contribution in [1.82, 2.24) is 4.90 Å². The van der Waals surface area contributed by atoms with Gasteiger partial charge in [-0.15, -0.1) is 0 Å². The van der Waals surface area contributed by atoms with Crippen molar-refractivity contribution in [3.05, 3.63) is 33.8 Å². The number of likely N-dealkylation sites (tertiary alicyclic amines) is 1. The zero-order valence-electron chi connectivity index (χ0n) is 11.6. The Morgan fingerprint density at radius 2 is 2.11 bits per heavy atom. The summed E-state index contributed by atoms with van der Waals surface area (Å²) in [7, 11) is 0. The van der Waals surface area contributed by atoms with Gasteiger partial charge in [-0.2, -0.15) is 0 Å². The molecule has 0 amide bonds. The molecular formula is C15H22Cl2N2. The third-order valence-corrected chi connectivity index (χ3v) is 4.80. The standard InChI is InChI=1S/C15H22Cl2N2/c1-10-4-3-5-13(9-18)19(10)11(2)14-8-12(16)6-7-15(14)17/h6-8,10-11,13H,3-5,9,18H2,1-2H3. The fraction of sp³-hybridized carbons (Fsp3) is 0.600. The summed E-state index contributed by atoms with van der Waals surface area (Å²) in [6.07, 6.45) is 3.65. The Morgan fingerprint density at radius 3 is 2.79 bits per heavy atom. The van der Waals surface area contributed by atoms with Crippen LogP contribution in [0.4, 0.5) is 0 Å². The summed E-state index contributed by atoms with van der Waals surface area (Å²) in [5.41, 5.74) is 7.04. The van der Waals surface area contributed by atoms with Gasteiger partial charge in [0.25, 0.3) is 0 Å². The first-order valence-corrected chi connectivity index (χ1v) is 7.72. The van der Waals surface area contributed by atoms with E-state index in [1.165, 1.54) is 19.3 Å². The first-order valence-electron chi connectivity index (χ1n) is 6.97. The minimum absolute atomic E-state index is 0.245. The van der Waals surface area contributed by atoms with Crippen molar-refractivity contribution < 1.29 is 0 Å². The van der Waals surface area contributed by atoms with E-state index in [0.29, 0.717) is 18.6 Å². The van der Waals surface area contributed by atoms with Gasteiger partial charge in [0, 0.05) is 34.7 Å². The topological polar surface area (TPSA) is 29.3 Å². The summed E-state index contributed by atoms with van der Waals surface area (Å²) in [6, 6.07) is 6.90. The molecule has 19 heavy (non-hydrogen) atoms. The maximum Gasteiger partial charge on any atom is 0.0454 e. The predicted molar refractivity (Wildman–Crippen MR) is 82.9 cm³/mol. The van der Waals surface area contributed by atoms with Gasteiger partial charge < -0.3 is 5.73 Å². The van der Waals surface area contributed by atoms with Crippen LogP contribution in [0, 0.1) is 0 Å². The van der Waals surface area contributed by atoms with Crippen LogP contribution in [0.1, 0.15) is 44.7 Å². The van der Waals surface area contributed by atoms with Crippen molar-refractivity contribution in [1.29, 1.82) is 0 Å². The van der Waals surface area contributed by atoms with Crippen LogP contribution in [-0.4, -0.2) is 23.5 Å². The highest BCUT2D eigenvalue weighted by atomic mass is 35.5. The molecule has 0 aromatic heterocycles. The molecular weight excluding hydrogens is 279 g/mol. The molecule has 1 aromatic rings. The zero-order valence-corrected chi connectivity index (χ0v) is 13.1. The van der Waals surface area contributed by atoms with Gasteiger partial charge >= 0.3 is 0 Å². The van der Waals surface area contributed by atoms with Gasteiger partial charge in [0.2, 0.25) is 0 Å². The van der Waals surface area contributed by atoms with E-state index in [-0.39, 0.29) is 6.04 Å². The fourth-order valence-electron chi connectivity index (χ4n) is 3.24. The first kappa shape index (κ1) is 15.1. The molecule has 1 fully saturated rings.